The minimum Gasteiger partial charge on any atom is -0.507 e. The zero-order valence-corrected chi connectivity index (χ0v) is 14.6. The standard InChI is InChI=1S/C20H16O7/c1-23-14-5-10-13(7-15(14)24-2)26-8-16-17(10)19(22)18-11(21)6-12-9(3-4-25-12)20(18)27-16/h3-7,16-17,21H,8H2,1-2H3/t16-,17-/m0/s1. The molecule has 1 N–H and O–H groups in total. The molecular weight excluding hydrogens is 352 g/mol. The van der Waals surface area contributed by atoms with E-state index >= 15 is 0 Å². The Labute approximate surface area is 154 Å². The largest absolute Gasteiger partial charge is 0.507 e. The van der Waals surface area contributed by atoms with E-state index in [0.29, 0.717) is 39.5 Å². The van der Waals surface area contributed by atoms with Crippen molar-refractivity contribution >= 4 is 16.8 Å². The highest BCUT2D eigenvalue weighted by Crippen LogP contribution is 2.50. The van der Waals surface area contributed by atoms with Gasteiger partial charge < -0.3 is 28.5 Å². The minimum absolute atomic E-state index is 0.160. The van der Waals surface area contributed by atoms with Crippen LogP contribution in [0.25, 0.3) is 11.0 Å². The summed E-state index contributed by atoms with van der Waals surface area (Å²) in [5, 5.41) is 11.1. The van der Waals surface area contributed by atoms with Crippen LogP contribution >= 0.6 is 0 Å². The average Bonchev–Trinajstić information content (AvgIpc) is 3.14. The molecule has 1 aromatic heterocycles. The molecule has 0 saturated heterocycles. The summed E-state index contributed by atoms with van der Waals surface area (Å²) >= 11 is 0. The molecule has 2 atom stereocenters. The highest BCUT2D eigenvalue weighted by molar-refractivity contribution is 6.11. The number of phenolic OH excluding ortho intramolecular Hbond substituents is 1. The summed E-state index contributed by atoms with van der Waals surface area (Å²) < 4.78 is 27.9. The third kappa shape index (κ3) is 2.11. The molecule has 0 fully saturated rings. The molecule has 5 rings (SSSR count). The number of ketones is 1. The van der Waals surface area contributed by atoms with Crippen LogP contribution in [0.4, 0.5) is 0 Å². The van der Waals surface area contributed by atoms with Crippen molar-refractivity contribution in [1.82, 2.24) is 0 Å². The van der Waals surface area contributed by atoms with Crippen LogP contribution < -0.4 is 18.9 Å². The van der Waals surface area contributed by atoms with Crippen molar-refractivity contribution in [3.8, 4) is 28.7 Å². The molecular formula is C20H16O7. The average molecular weight is 368 g/mol. The lowest BCUT2D eigenvalue weighted by Gasteiger charge is -2.37. The number of Topliss-reactive ketones (excluding diaryl/α,β-unsaturated/α-hetero) is 1. The monoisotopic (exact) mass is 368 g/mol. The van der Waals surface area contributed by atoms with Gasteiger partial charge in [0, 0.05) is 17.7 Å². The molecule has 138 valence electrons. The van der Waals surface area contributed by atoms with Gasteiger partial charge in [-0.3, -0.25) is 4.79 Å². The third-order valence-corrected chi connectivity index (χ3v) is 5.11. The van der Waals surface area contributed by atoms with E-state index in [1.807, 2.05) is 0 Å². The van der Waals surface area contributed by atoms with Crippen molar-refractivity contribution in [3.05, 3.63) is 41.7 Å². The summed E-state index contributed by atoms with van der Waals surface area (Å²) in [6, 6.07) is 6.58. The molecule has 0 radical (unpaired) electrons. The lowest BCUT2D eigenvalue weighted by atomic mass is 9.81. The molecule has 3 heterocycles. The number of carbonyl (C=O) groups excluding carboxylic acids is 1. The Morgan fingerprint density at radius 2 is 1.93 bits per heavy atom. The van der Waals surface area contributed by atoms with Crippen molar-refractivity contribution in [3.63, 3.8) is 0 Å². The first-order chi connectivity index (χ1) is 13.1. The summed E-state index contributed by atoms with van der Waals surface area (Å²) in [4.78, 5) is 13.4. The molecule has 27 heavy (non-hydrogen) atoms. The number of benzene rings is 2. The second-order valence-corrected chi connectivity index (χ2v) is 6.49. The quantitative estimate of drug-likeness (QED) is 0.743. The minimum atomic E-state index is -0.615. The predicted octanol–water partition coefficient (Wildman–Crippen LogP) is 3.28. The van der Waals surface area contributed by atoms with Crippen LogP contribution in [-0.2, 0) is 0 Å². The van der Waals surface area contributed by atoms with Gasteiger partial charge in [0.25, 0.3) is 0 Å². The number of carbonyl (C=O) groups is 1. The molecule has 0 bridgehead atoms. The summed E-state index contributed by atoms with van der Waals surface area (Å²) in [5.74, 6) is 0.880. The third-order valence-electron chi connectivity index (χ3n) is 5.11. The van der Waals surface area contributed by atoms with Gasteiger partial charge in [0.15, 0.2) is 17.3 Å². The van der Waals surface area contributed by atoms with Crippen molar-refractivity contribution in [1.29, 1.82) is 0 Å². The first-order valence-corrected chi connectivity index (χ1v) is 8.45. The van der Waals surface area contributed by atoms with E-state index in [1.54, 1.807) is 18.2 Å². The molecule has 3 aromatic rings. The van der Waals surface area contributed by atoms with E-state index < -0.39 is 12.0 Å². The van der Waals surface area contributed by atoms with E-state index in [1.165, 1.54) is 26.5 Å². The molecule has 0 unspecified atom stereocenters. The highest BCUT2D eigenvalue weighted by Gasteiger charge is 2.45. The maximum absolute atomic E-state index is 13.4. The van der Waals surface area contributed by atoms with Crippen LogP contribution in [-0.4, -0.2) is 37.8 Å². The fraction of sp³-hybridized carbons (Fsp3) is 0.250. The maximum atomic E-state index is 13.4. The first-order valence-electron chi connectivity index (χ1n) is 8.45. The second kappa shape index (κ2) is 5.57. The number of hydrogen-bond acceptors (Lipinski definition) is 7. The van der Waals surface area contributed by atoms with Crippen LogP contribution in [0.3, 0.4) is 0 Å². The fourth-order valence-electron chi connectivity index (χ4n) is 3.86. The molecule has 2 aromatic carbocycles. The molecule has 7 heteroatoms. The van der Waals surface area contributed by atoms with Gasteiger partial charge in [-0.1, -0.05) is 0 Å². The number of ether oxygens (including phenoxy) is 4. The van der Waals surface area contributed by atoms with Crippen molar-refractivity contribution in [2.45, 2.75) is 12.0 Å². The highest BCUT2D eigenvalue weighted by atomic mass is 16.5. The van der Waals surface area contributed by atoms with Crippen LogP contribution in [0.15, 0.2) is 34.9 Å². The van der Waals surface area contributed by atoms with Crippen molar-refractivity contribution < 1.29 is 33.3 Å². The predicted molar refractivity (Wildman–Crippen MR) is 94.4 cm³/mol. The van der Waals surface area contributed by atoms with E-state index in [-0.39, 0.29) is 23.7 Å². The molecule has 0 amide bonds. The molecule has 7 nitrogen and oxygen atoms in total. The number of rotatable bonds is 2. The summed E-state index contributed by atoms with van der Waals surface area (Å²) in [6.45, 7) is 0.202. The maximum Gasteiger partial charge on any atom is 0.181 e. The van der Waals surface area contributed by atoms with Gasteiger partial charge in [0.2, 0.25) is 0 Å². The number of hydrogen-bond donors (Lipinski definition) is 1. The molecule has 0 spiro atoms. The smallest absolute Gasteiger partial charge is 0.181 e. The molecule has 2 aliphatic rings. The van der Waals surface area contributed by atoms with E-state index in [4.69, 9.17) is 23.4 Å². The number of furan rings is 1. The summed E-state index contributed by atoms with van der Waals surface area (Å²) in [6.07, 6.45) is 0.976. The zero-order chi connectivity index (χ0) is 18.7. The Kier molecular flexibility index (Phi) is 3.28. The van der Waals surface area contributed by atoms with E-state index in [2.05, 4.69) is 0 Å². The first kappa shape index (κ1) is 15.9. The Hall–Kier alpha value is -3.35. The lowest BCUT2D eigenvalue weighted by Crippen LogP contribution is -2.43. The number of fused-ring (bicyclic) bond motifs is 6. The zero-order valence-electron chi connectivity index (χ0n) is 14.6. The molecule has 0 saturated carbocycles. The van der Waals surface area contributed by atoms with E-state index in [0.717, 1.165) is 0 Å². The summed E-state index contributed by atoms with van der Waals surface area (Å²) in [5.41, 5.74) is 1.26. The van der Waals surface area contributed by atoms with Gasteiger partial charge >= 0.3 is 0 Å². The van der Waals surface area contributed by atoms with Crippen molar-refractivity contribution in [2.75, 3.05) is 20.8 Å². The second-order valence-electron chi connectivity index (χ2n) is 6.49. The van der Waals surface area contributed by atoms with Crippen LogP contribution in [0.5, 0.6) is 28.7 Å². The Morgan fingerprint density at radius 3 is 2.70 bits per heavy atom. The Morgan fingerprint density at radius 1 is 1.15 bits per heavy atom. The molecule has 0 aliphatic carbocycles. The van der Waals surface area contributed by atoms with Crippen LogP contribution in [0, 0.1) is 0 Å². The fourth-order valence-corrected chi connectivity index (χ4v) is 3.86. The van der Waals surface area contributed by atoms with Gasteiger partial charge in [-0.25, -0.2) is 0 Å². The summed E-state index contributed by atoms with van der Waals surface area (Å²) in [7, 11) is 3.07. The number of aromatic hydroxyl groups is 1. The van der Waals surface area contributed by atoms with Crippen LogP contribution in [0.1, 0.15) is 21.8 Å². The topological polar surface area (TPSA) is 87.4 Å². The van der Waals surface area contributed by atoms with Gasteiger partial charge in [0.05, 0.1) is 31.8 Å². The van der Waals surface area contributed by atoms with E-state index in [9.17, 15) is 9.90 Å². The Bertz CT molecular complexity index is 1080. The van der Waals surface area contributed by atoms with Gasteiger partial charge in [-0.15, -0.1) is 0 Å². The van der Waals surface area contributed by atoms with Gasteiger partial charge in [-0.2, -0.15) is 0 Å². The SMILES string of the molecule is COc1cc2c(cc1OC)[C@@H]1C(=O)c3c(O)cc4occc4c3O[C@H]1CO2. The number of phenols is 1. The number of methoxy groups -OCH3 is 2. The van der Waals surface area contributed by atoms with Gasteiger partial charge in [-0.05, 0) is 12.1 Å². The van der Waals surface area contributed by atoms with Crippen LogP contribution in [0.2, 0.25) is 0 Å². The lowest BCUT2D eigenvalue weighted by molar-refractivity contribution is 0.0561. The molecule has 2 aliphatic heterocycles. The normalized spacial score (nSPS) is 20.1. The van der Waals surface area contributed by atoms with Crippen molar-refractivity contribution in [2.24, 2.45) is 0 Å². The van der Waals surface area contributed by atoms with Gasteiger partial charge in [0.1, 0.15) is 41.1 Å². The Balaban J connectivity index is 1.70.